The van der Waals surface area contributed by atoms with Gasteiger partial charge in [0, 0.05) is 5.56 Å². The van der Waals surface area contributed by atoms with Crippen LogP contribution >= 0.6 is 22.9 Å². The molecule has 0 saturated carbocycles. The standard InChI is InChI=1S/C18H9ClFN3O3S/c19-11-2-1-3-12(20)13(11)16(24)23-17-15(21-8-27-17)14(22-23)9-4-6-10(7-5-9)18(25)26/h1-8H,(H,25,26). The largest absolute Gasteiger partial charge is 0.478 e. The number of aromatic nitrogens is 3. The van der Waals surface area contributed by atoms with Gasteiger partial charge in [-0.3, -0.25) is 4.79 Å². The van der Waals surface area contributed by atoms with Gasteiger partial charge in [-0.2, -0.15) is 9.78 Å². The first-order chi connectivity index (χ1) is 13.0. The molecule has 0 aliphatic carbocycles. The molecule has 0 fully saturated rings. The highest BCUT2D eigenvalue weighted by Gasteiger charge is 2.24. The van der Waals surface area contributed by atoms with E-state index in [2.05, 4.69) is 10.1 Å². The van der Waals surface area contributed by atoms with Crippen molar-refractivity contribution in [1.82, 2.24) is 14.8 Å². The molecule has 2 heterocycles. The molecule has 2 aromatic carbocycles. The van der Waals surface area contributed by atoms with Crippen molar-refractivity contribution in [2.75, 3.05) is 0 Å². The summed E-state index contributed by atoms with van der Waals surface area (Å²) >= 11 is 7.18. The van der Waals surface area contributed by atoms with Gasteiger partial charge in [-0.15, -0.1) is 11.3 Å². The van der Waals surface area contributed by atoms with Crippen molar-refractivity contribution in [3.8, 4) is 11.3 Å². The molecular weight excluding hydrogens is 393 g/mol. The van der Waals surface area contributed by atoms with Gasteiger partial charge >= 0.3 is 5.97 Å². The van der Waals surface area contributed by atoms with Crippen LogP contribution in [0.25, 0.3) is 21.6 Å². The molecule has 0 aliphatic heterocycles. The van der Waals surface area contributed by atoms with E-state index in [1.165, 1.54) is 35.6 Å². The number of aromatic carboxylic acids is 1. The number of carbonyl (C=O) groups is 2. The summed E-state index contributed by atoms with van der Waals surface area (Å²) in [6.07, 6.45) is 0. The predicted molar refractivity (Wildman–Crippen MR) is 98.9 cm³/mol. The van der Waals surface area contributed by atoms with Crippen molar-refractivity contribution in [2.45, 2.75) is 0 Å². The molecule has 134 valence electrons. The fourth-order valence-electron chi connectivity index (χ4n) is 2.66. The van der Waals surface area contributed by atoms with E-state index < -0.39 is 17.7 Å². The number of hydrogen-bond acceptors (Lipinski definition) is 5. The average molecular weight is 402 g/mol. The maximum Gasteiger partial charge on any atom is 0.335 e. The molecule has 2 aromatic heterocycles. The molecule has 4 aromatic rings. The Balaban J connectivity index is 1.86. The SMILES string of the molecule is O=C(O)c1ccc(-c2nn(C(=O)c3c(F)cccc3Cl)c3scnc23)cc1. The van der Waals surface area contributed by atoms with E-state index in [1.807, 2.05) is 0 Å². The normalized spacial score (nSPS) is 11.0. The Morgan fingerprint density at radius 2 is 1.89 bits per heavy atom. The van der Waals surface area contributed by atoms with Gasteiger partial charge in [0.2, 0.25) is 0 Å². The van der Waals surface area contributed by atoms with Crippen LogP contribution in [0.15, 0.2) is 48.0 Å². The predicted octanol–water partition coefficient (Wildman–Crippen LogP) is 4.34. The van der Waals surface area contributed by atoms with E-state index in [4.69, 9.17) is 16.7 Å². The number of nitrogens with zero attached hydrogens (tertiary/aromatic N) is 3. The van der Waals surface area contributed by atoms with Crippen LogP contribution in [0.2, 0.25) is 5.02 Å². The maximum atomic E-state index is 14.1. The monoisotopic (exact) mass is 401 g/mol. The third-order valence-corrected chi connectivity index (χ3v) is 5.06. The molecule has 6 nitrogen and oxygen atoms in total. The molecule has 0 aliphatic rings. The zero-order valence-corrected chi connectivity index (χ0v) is 15.0. The highest BCUT2D eigenvalue weighted by molar-refractivity contribution is 7.16. The minimum Gasteiger partial charge on any atom is -0.478 e. The number of carbonyl (C=O) groups excluding carboxylic acids is 1. The van der Waals surface area contributed by atoms with Gasteiger partial charge in [-0.05, 0) is 24.3 Å². The highest BCUT2D eigenvalue weighted by Crippen LogP contribution is 2.31. The zero-order valence-electron chi connectivity index (χ0n) is 13.4. The fourth-order valence-corrected chi connectivity index (χ4v) is 3.64. The lowest BCUT2D eigenvalue weighted by atomic mass is 10.1. The van der Waals surface area contributed by atoms with Gasteiger partial charge in [0.15, 0.2) is 4.83 Å². The van der Waals surface area contributed by atoms with Crippen molar-refractivity contribution in [3.05, 3.63) is 69.9 Å². The first-order valence-electron chi connectivity index (χ1n) is 7.62. The number of rotatable bonds is 3. The van der Waals surface area contributed by atoms with Gasteiger partial charge in [-0.25, -0.2) is 14.2 Å². The van der Waals surface area contributed by atoms with Crippen molar-refractivity contribution in [2.24, 2.45) is 0 Å². The van der Waals surface area contributed by atoms with Gasteiger partial charge < -0.3 is 5.11 Å². The van der Waals surface area contributed by atoms with Gasteiger partial charge in [0.1, 0.15) is 17.0 Å². The maximum absolute atomic E-state index is 14.1. The van der Waals surface area contributed by atoms with E-state index in [-0.39, 0.29) is 16.1 Å². The third-order valence-electron chi connectivity index (χ3n) is 3.94. The second kappa shape index (κ2) is 6.57. The summed E-state index contributed by atoms with van der Waals surface area (Å²) in [5, 5.41) is 13.3. The van der Waals surface area contributed by atoms with Gasteiger partial charge in [0.25, 0.3) is 5.91 Å². The van der Waals surface area contributed by atoms with Crippen LogP contribution in [0.3, 0.4) is 0 Å². The molecule has 0 radical (unpaired) electrons. The van der Waals surface area contributed by atoms with Gasteiger partial charge in [0.05, 0.1) is 21.7 Å². The highest BCUT2D eigenvalue weighted by atomic mass is 35.5. The van der Waals surface area contributed by atoms with Crippen LogP contribution in [0.4, 0.5) is 4.39 Å². The number of thiazole rings is 1. The Kier molecular flexibility index (Phi) is 4.21. The number of hydrogen-bond donors (Lipinski definition) is 1. The molecule has 0 spiro atoms. The molecule has 27 heavy (non-hydrogen) atoms. The van der Waals surface area contributed by atoms with Crippen molar-refractivity contribution in [1.29, 1.82) is 0 Å². The van der Waals surface area contributed by atoms with Crippen molar-refractivity contribution in [3.63, 3.8) is 0 Å². The van der Waals surface area contributed by atoms with E-state index in [9.17, 15) is 14.0 Å². The molecule has 4 rings (SSSR count). The molecule has 0 amide bonds. The molecule has 9 heteroatoms. The van der Waals surface area contributed by atoms with Crippen LogP contribution in [-0.4, -0.2) is 31.7 Å². The number of benzene rings is 2. The van der Waals surface area contributed by atoms with Crippen LogP contribution in [-0.2, 0) is 0 Å². The Bertz CT molecular complexity index is 1180. The fraction of sp³-hybridized carbons (Fsp3) is 0. The summed E-state index contributed by atoms with van der Waals surface area (Å²) in [4.78, 5) is 28.6. The number of halogens is 2. The number of fused-ring (bicyclic) bond motifs is 1. The van der Waals surface area contributed by atoms with Crippen LogP contribution in [0.5, 0.6) is 0 Å². The second-order valence-corrected chi connectivity index (χ2v) is 6.79. The lowest BCUT2D eigenvalue weighted by molar-refractivity contribution is 0.0696. The van der Waals surface area contributed by atoms with Gasteiger partial charge in [-0.1, -0.05) is 29.8 Å². The van der Waals surface area contributed by atoms with E-state index in [0.717, 1.165) is 10.7 Å². The Labute approximate surface area is 160 Å². The molecular formula is C18H9ClFN3O3S. The van der Waals surface area contributed by atoms with Crippen LogP contribution < -0.4 is 0 Å². The Morgan fingerprint density at radius 3 is 2.56 bits per heavy atom. The first-order valence-corrected chi connectivity index (χ1v) is 8.88. The van der Waals surface area contributed by atoms with E-state index in [0.29, 0.717) is 21.6 Å². The summed E-state index contributed by atoms with van der Waals surface area (Å²) in [7, 11) is 0. The summed E-state index contributed by atoms with van der Waals surface area (Å²) in [5.41, 5.74) is 2.84. The molecule has 1 N–H and O–H groups in total. The average Bonchev–Trinajstić information content (AvgIpc) is 3.24. The minimum absolute atomic E-state index is 0.0134. The van der Waals surface area contributed by atoms with E-state index >= 15 is 0 Å². The number of carboxylic acids is 1. The molecule has 0 saturated heterocycles. The third kappa shape index (κ3) is 2.88. The summed E-state index contributed by atoms with van der Waals surface area (Å²) < 4.78 is 15.2. The minimum atomic E-state index is -1.05. The second-order valence-electron chi connectivity index (χ2n) is 5.55. The van der Waals surface area contributed by atoms with Crippen LogP contribution in [0.1, 0.15) is 20.7 Å². The Morgan fingerprint density at radius 1 is 1.15 bits per heavy atom. The Hall–Kier alpha value is -3.10. The lowest BCUT2D eigenvalue weighted by Crippen LogP contribution is -2.15. The summed E-state index contributed by atoms with van der Waals surface area (Å²) in [6.45, 7) is 0. The summed E-state index contributed by atoms with van der Waals surface area (Å²) in [5.74, 6) is -2.50. The van der Waals surface area contributed by atoms with Crippen LogP contribution in [0, 0.1) is 5.82 Å². The molecule has 0 bridgehead atoms. The number of carboxylic acid groups (broad SMARTS) is 1. The van der Waals surface area contributed by atoms with Crippen molar-refractivity contribution >= 4 is 45.2 Å². The smallest absolute Gasteiger partial charge is 0.335 e. The zero-order chi connectivity index (χ0) is 19.1. The quantitative estimate of drug-likeness (QED) is 0.552. The molecule has 0 atom stereocenters. The topological polar surface area (TPSA) is 85.1 Å². The van der Waals surface area contributed by atoms with E-state index in [1.54, 1.807) is 17.6 Å². The van der Waals surface area contributed by atoms with Crippen molar-refractivity contribution < 1.29 is 19.1 Å². The lowest BCUT2D eigenvalue weighted by Gasteiger charge is -2.05. The summed E-state index contributed by atoms with van der Waals surface area (Å²) in [6, 6.07) is 10.0. The first kappa shape index (κ1) is 17.3. The molecule has 0 unspecified atom stereocenters.